The molecule has 3 fully saturated rings. The number of carbonyl (C=O) groups is 3. The van der Waals surface area contributed by atoms with Gasteiger partial charge in [-0.1, -0.05) is 6.07 Å². The number of hydrogen-bond acceptors (Lipinski definition) is 3. The smallest absolute Gasteiger partial charge is 0.321 e. The average molecular weight is 370 g/mol. The second kappa shape index (κ2) is 6.87. The predicted molar refractivity (Wildman–Crippen MR) is 102 cm³/mol. The van der Waals surface area contributed by atoms with Crippen LogP contribution >= 0.6 is 0 Å². The summed E-state index contributed by atoms with van der Waals surface area (Å²) in [7, 11) is 3.71. The number of amides is 4. The summed E-state index contributed by atoms with van der Waals surface area (Å²) in [5, 5.41) is 2.78. The number of likely N-dealkylation sites (tertiary alicyclic amines) is 1. The van der Waals surface area contributed by atoms with Gasteiger partial charge in [0.2, 0.25) is 5.91 Å². The first-order chi connectivity index (χ1) is 12.9. The molecule has 1 aromatic carbocycles. The minimum atomic E-state index is -0.124. The molecule has 2 aliphatic heterocycles. The quantitative estimate of drug-likeness (QED) is 0.877. The van der Waals surface area contributed by atoms with Crippen LogP contribution in [-0.4, -0.2) is 67.4 Å². The lowest BCUT2D eigenvalue weighted by Gasteiger charge is -2.31. The standard InChI is InChI=1S/C20H26N4O3/c1-22-12-15-10-17(9-14(15)11-18(22)25)23(2)19(26)13-4-3-5-16(8-13)24-7-6-21-20(24)27/h3-5,8,14-15,17H,6-7,9-12H2,1-2H3,(H,21,27)/t14-,15+,17-/m1/s1. The van der Waals surface area contributed by atoms with Crippen molar-refractivity contribution in [2.24, 2.45) is 11.8 Å². The molecule has 0 bridgehead atoms. The molecule has 2 saturated heterocycles. The molecule has 0 aromatic heterocycles. The Hall–Kier alpha value is -2.57. The molecular weight excluding hydrogens is 344 g/mol. The van der Waals surface area contributed by atoms with E-state index in [9.17, 15) is 14.4 Å². The molecule has 3 aliphatic rings. The number of nitrogens with zero attached hydrogens (tertiary/aromatic N) is 3. The molecule has 144 valence electrons. The van der Waals surface area contributed by atoms with E-state index in [4.69, 9.17) is 0 Å². The summed E-state index contributed by atoms with van der Waals surface area (Å²) in [5.41, 5.74) is 1.34. The second-order valence-corrected chi connectivity index (χ2v) is 7.97. The van der Waals surface area contributed by atoms with Crippen LogP contribution < -0.4 is 10.2 Å². The molecular formula is C20H26N4O3. The maximum Gasteiger partial charge on any atom is 0.321 e. The van der Waals surface area contributed by atoms with E-state index >= 15 is 0 Å². The SMILES string of the molecule is CN1C[C@@H]2C[C@H](N(C)C(=O)c3cccc(N4CCNC4=O)c3)C[C@@H]2CC1=O. The van der Waals surface area contributed by atoms with Gasteiger partial charge in [-0.3, -0.25) is 14.5 Å². The van der Waals surface area contributed by atoms with Crippen LogP contribution in [0.2, 0.25) is 0 Å². The lowest BCUT2D eigenvalue weighted by atomic mass is 9.88. The maximum absolute atomic E-state index is 13.0. The molecule has 1 aromatic rings. The molecule has 0 spiro atoms. The Bertz CT molecular complexity index is 780. The first-order valence-corrected chi connectivity index (χ1v) is 9.60. The van der Waals surface area contributed by atoms with Gasteiger partial charge < -0.3 is 15.1 Å². The number of piperidine rings is 1. The number of nitrogens with one attached hydrogen (secondary N) is 1. The van der Waals surface area contributed by atoms with Crippen molar-refractivity contribution in [3.05, 3.63) is 29.8 Å². The molecule has 4 amide bonds. The number of urea groups is 1. The van der Waals surface area contributed by atoms with Crippen LogP contribution in [-0.2, 0) is 4.79 Å². The van der Waals surface area contributed by atoms with E-state index < -0.39 is 0 Å². The monoisotopic (exact) mass is 370 g/mol. The molecule has 0 unspecified atom stereocenters. The number of rotatable bonds is 3. The van der Waals surface area contributed by atoms with E-state index in [1.807, 2.05) is 36.0 Å². The molecule has 27 heavy (non-hydrogen) atoms. The van der Waals surface area contributed by atoms with Gasteiger partial charge in [-0.2, -0.15) is 0 Å². The summed E-state index contributed by atoms with van der Waals surface area (Å²) in [5.74, 6) is 1.04. The van der Waals surface area contributed by atoms with E-state index in [2.05, 4.69) is 5.32 Å². The van der Waals surface area contributed by atoms with E-state index in [0.29, 0.717) is 36.9 Å². The van der Waals surface area contributed by atoms with Crippen LogP contribution in [0.4, 0.5) is 10.5 Å². The third-order valence-corrected chi connectivity index (χ3v) is 6.32. The van der Waals surface area contributed by atoms with Gasteiger partial charge in [0.15, 0.2) is 0 Å². The fourth-order valence-electron chi connectivity index (χ4n) is 4.70. The zero-order valence-corrected chi connectivity index (χ0v) is 15.9. The maximum atomic E-state index is 13.0. The van der Waals surface area contributed by atoms with Gasteiger partial charge in [-0.15, -0.1) is 0 Å². The highest BCUT2D eigenvalue weighted by atomic mass is 16.2. The third kappa shape index (κ3) is 3.26. The minimum Gasteiger partial charge on any atom is -0.345 e. The molecule has 1 aliphatic carbocycles. The van der Waals surface area contributed by atoms with Gasteiger partial charge in [0.1, 0.15) is 0 Å². The Balaban J connectivity index is 1.47. The summed E-state index contributed by atoms with van der Waals surface area (Å²) < 4.78 is 0. The Kier molecular flexibility index (Phi) is 4.53. The Morgan fingerprint density at radius 3 is 2.74 bits per heavy atom. The van der Waals surface area contributed by atoms with Crippen LogP contribution in [0, 0.1) is 11.8 Å². The van der Waals surface area contributed by atoms with Gasteiger partial charge >= 0.3 is 6.03 Å². The third-order valence-electron chi connectivity index (χ3n) is 6.32. The highest BCUT2D eigenvalue weighted by Gasteiger charge is 2.42. The molecule has 1 N–H and O–H groups in total. The number of hydrogen-bond donors (Lipinski definition) is 1. The van der Waals surface area contributed by atoms with Gasteiger partial charge in [-0.25, -0.2) is 4.79 Å². The van der Waals surface area contributed by atoms with Gasteiger partial charge in [0.25, 0.3) is 5.91 Å². The predicted octanol–water partition coefficient (Wildman–Crippen LogP) is 1.55. The van der Waals surface area contributed by atoms with Crippen LogP contribution in [0.25, 0.3) is 0 Å². The van der Waals surface area contributed by atoms with Crippen LogP contribution in [0.1, 0.15) is 29.6 Å². The molecule has 2 heterocycles. The summed E-state index contributed by atoms with van der Waals surface area (Å²) in [4.78, 5) is 42.2. The number of anilines is 1. The first kappa shape index (κ1) is 17.8. The van der Waals surface area contributed by atoms with Crippen molar-refractivity contribution in [1.82, 2.24) is 15.1 Å². The molecule has 7 heteroatoms. The highest BCUT2D eigenvalue weighted by Crippen LogP contribution is 2.40. The van der Waals surface area contributed by atoms with Crippen molar-refractivity contribution in [2.75, 3.05) is 38.6 Å². The molecule has 1 saturated carbocycles. The van der Waals surface area contributed by atoms with E-state index in [0.717, 1.165) is 25.1 Å². The number of fused-ring (bicyclic) bond motifs is 1. The van der Waals surface area contributed by atoms with Gasteiger partial charge in [0.05, 0.1) is 0 Å². The van der Waals surface area contributed by atoms with E-state index in [1.165, 1.54) is 0 Å². The van der Waals surface area contributed by atoms with Gasteiger partial charge in [-0.05, 0) is 42.9 Å². The average Bonchev–Trinajstić information content (AvgIpc) is 3.27. The van der Waals surface area contributed by atoms with E-state index in [-0.39, 0.29) is 23.9 Å². The van der Waals surface area contributed by atoms with Crippen LogP contribution in [0.5, 0.6) is 0 Å². The fourth-order valence-corrected chi connectivity index (χ4v) is 4.70. The molecule has 3 atom stereocenters. The zero-order chi connectivity index (χ0) is 19.1. The van der Waals surface area contributed by atoms with E-state index in [1.54, 1.807) is 17.0 Å². The number of carbonyl (C=O) groups excluding carboxylic acids is 3. The van der Waals surface area contributed by atoms with Crippen LogP contribution in [0.3, 0.4) is 0 Å². The fraction of sp³-hybridized carbons (Fsp3) is 0.550. The first-order valence-electron chi connectivity index (χ1n) is 9.60. The summed E-state index contributed by atoms with van der Waals surface area (Å²) >= 11 is 0. The Morgan fingerprint density at radius 2 is 2.00 bits per heavy atom. The summed E-state index contributed by atoms with van der Waals surface area (Å²) in [6.45, 7) is 2.02. The Labute approximate surface area is 159 Å². The normalized spacial score (nSPS) is 27.6. The van der Waals surface area contributed by atoms with Crippen molar-refractivity contribution in [3.8, 4) is 0 Å². The van der Waals surface area contributed by atoms with Crippen molar-refractivity contribution in [2.45, 2.75) is 25.3 Å². The van der Waals surface area contributed by atoms with Crippen molar-refractivity contribution < 1.29 is 14.4 Å². The minimum absolute atomic E-state index is 0.0280. The van der Waals surface area contributed by atoms with Crippen molar-refractivity contribution in [1.29, 1.82) is 0 Å². The largest absolute Gasteiger partial charge is 0.345 e. The highest BCUT2D eigenvalue weighted by molar-refractivity contribution is 5.98. The lowest BCUT2D eigenvalue weighted by molar-refractivity contribution is -0.134. The van der Waals surface area contributed by atoms with Crippen molar-refractivity contribution in [3.63, 3.8) is 0 Å². The van der Waals surface area contributed by atoms with Gasteiger partial charge in [0, 0.05) is 57.4 Å². The van der Waals surface area contributed by atoms with Crippen LogP contribution in [0.15, 0.2) is 24.3 Å². The zero-order valence-electron chi connectivity index (χ0n) is 15.9. The molecule has 0 radical (unpaired) electrons. The number of benzene rings is 1. The Morgan fingerprint density at radius 1 is 1.22 bits per heavy atom. The lowest BCUT2D eigenvalue weighted by Crippen LogP contribution is -2.40. The summed E-state index contributed by atoms with van der Waals surface area (Å²) in [6, 6.07) is 7.31. The molecule has 4 rings (SSSR count). The summed E-state index contributed by atoms with van der Waals surface area (Å²) in [6.07, 6.45) is 2.43. The molecule has 7 nitrogen and oxygen atoms in total. The topological polar surface area (TPSA) is 73.0 Å². The second-order valence-electron chi connectivity index (χ2n) is 7.97. The van der Waals surface area contributed by atoms with Crippen molar-refractivity contribution >= 4 is 23.5 Å².